The highest BCUT2D eigenvalue weighted by atomic mass is 32.2. The molecule has 0 radical (unpaired) electrons. The van der Waals surface area contributed by atoms with E-state index in [4.69, 9.17) is 5.11 Å². The highest BCUT2D eigenvalue weighted by Crippen LogP contribution is 2.21. The van der Waals surface area contributed by atoms with Crippen molar-refractivity contribution in [2.24, 2.45) is 0 Å². The van der Waals surface area contributed by atoms with Crippen molar-refractivity contribution in [3.05, 3.63) is 46.2 Å². The molecule has 9 heteroatoms. The SMILES string of the molecule is CC(NS(=O)(=O)c1cc(C(=O)O)ccc1F)c1nccs1. The molecule has 1 heterocycles. The topological polar surface area (TPSA) is 96.4 Å². The lowest BCUT2D eigenvalue weighted by Crippen LogP contribution is -2.27. The molecular formula is C12H11FN2O4S2. The summed E-state index contributed by atoms with van der Waals surface area (Å²) in [4.78, 5) is 14.1. The smallest absolute Gasteiger partial charge is 0.335 e. The van der Waals surface area contributed by atoms with E-state index in [-0.39, 0.29) is 5.56 Å². The largest absolute Gasteiger partial charge is 0.478 e. The number of rotatable bonds is 5. The number of aromatic carboxylic acids is 1. The molecule has 0 saturated carbocycles. The van der Waals surface area contributed by atoms with Gasteiger partial charge in [0.25, 0.3) is 0 Å². The van der Waals surface area contributed by atoms with Crippen LogP contribution < -0.4 is 4.72 Å². The Hall–Kier alpha value is -1.84. The molecule has 2 aromatic rings. The maximum atomic E-state index is 13.7. The number of carbonyl (C=O) groups is 1. The van der Waals surface area contributed by atoms with Crippen molar-refractivity contribution >= 4 is 27.3 Å². The highest BCUT2D eigenvalue weighted by molar-refractivity contribution is 7.89. The molecule has 0 bridgehead atoms. The molecule has 2 N–H and O–H groups in total. The summed E-state index contributed by atoms with van der Waals surface area (Å²) in [7, 11) is -4.19. The summed E-state index contributed by atoms with van der Waals surface area (Å²) in [6.07, 6.45) is 1.52. The van der Waals surface area contributed by atoms with Crippen LogP contribution in [-0.4, -0.2) is 24.5 Å². The van der Waals surface area contributed by atoms with Crippen molar-refractivity contribution in [1.29, 1.82) is 0 Å². The fraction of sp³-hybridized carbons (Fsp3) is 0.167. The average Bonchev–Trinajstić information content (AvgIpc) is 2.92. The second kappa shape index (κ2) is 5.88. The Bertz CT molecular complexity index is 760. The molecule has 1 unspecified atom stereocenters. The normalized spacial score (nSPS) is 13.0. The van der Waals surface area contributed by atoms with Crippen LogP contribution in [0.5, 0.6) is 0 Å². The van der Waals surface area contributed by atoms with E-state index in [1.165, 1.54) is 17.5 Å². The third-order valence-corrected chi connectivity index (χ3v) is 5.14. The Balaban J connectivity index is 2.35. The zero-order valence-electron chi connectivity index (χ0n) is 10.8. The number of hydrogen-bond acceptors (Lipinski definition) is 5. The zero-order valence-corrected chi connectivity index (χ0v) is 12.4. The van der Waals surface area contributed by atoms with Crippen molar-refractivity contribution in [2.75, 3.05) is 0 Å². The first kappa shape index (κ1) is 15.5. The summed E-state index contributed by atoms with van der Waals surface area (Å²) >= 11 is 1.25. The summed E-state index contributed by atoms with van der Waals surface area (Å²) in [5.41, 5.74) is -0.307. The van der Waals surface area contributed by atoms with Crippen LogP contribution >= 0.6 is 11.3 Å². The number of sulfonamides is 1. The van der Waals surface area contributed by atoms with Crippen LogP contribution in [0.1, 0.15) is 28.3 Å². The monoisotopic (exact) mass is 330 g/mol. The minimum atomic E-state index is -4.19. The van der Waals surface area contributed by atoms with Gasteiger partial charge in [-0.05, 0) is 25.1 Å². The number of halogens is 1. The summed E-state index contributed by atoms with van der Waals surface area (Å²) < 4.78 is 40.3. The Morgan fingerprint density at radius 2 is 2.19 bits per heavy atom. The molecule has 1 atom stereocenters. The molecule has 0 amide bonds. The Morgan fingerprint density at radius 3 is 2.76 bits per heavy atom. The number of nitrogens with zero attached hydrogens (tertiary/aromatic N) is 1. The minimum Gasteiger partial charge on any atom is -0.478 e. The molecule has 1 aromatic carbocycles. The third-order valence-electron chi connectivity index (χ3n) is 2.62. The number of aromatic nitrogens is 1. The number of thiazole rings is 1. The number of carboxylic acid groups (broad SMARTS) is 1. The van der Waals surface area contributed by atoms with Crippen molar-refractivity contribution in [3.8, 4) is 0 Å². The predicted molar refractivity (Wildman–Crippen MR) is 74.2 cm³/mol. The molecule has 112 valence electrons. The van der Waals surface area contributed by atoms with Gasteiger partial charge in [-0.15, -0.1) is 11.3 Å². The quantitative estimate of drug-likeness (QED) is 0.874. The fourth-order valence-electron chi connectivity index (χ4n) is 1.64. The number of hydrogen-bond donors (Lipinski definition) is 2. The van der Waals surface area contributed by atoms with Crippen LogP contribution in [0.4, 0.5) is 4.39 Å². The van der Waals surface area contributed by atoms with Crippen molar-refractivity contribution in [1.82, 2.24) is 9.71 Å². The molecule has 0 aliphatic rings. The molecule has 21 heavy (non-hydrogen) atoms. The van der Waals surface area contributed by atoms with Gasteiger partial charge in [-0.1, -0.05) is 0 Å². The van der Waals surface area contributed by atoms with Crippen molar-refractivity contribution in [3.63, 3.8) is 0 Å². The Kier molecular flexibility index (Phi) is 4.35. The molecule has 2 rings (SSSR count). The molecular weight excluding hydrogens is 319 g/mol. The van der Waals surface area contributed by atoms with E-state index in [1.54, 1.807) is 12.3 Å². The summed E-state index contributed by atoms with van der Waals surface area (Å²) in [6.45, 7) is 1.56. The van der Waals surface area contributed by atoms with Gasteiger partial charge in [-0.2, -0.15) is 0 Å². The summed E-state index contributed by atoms with van der Waals surface area (Å²) in [5, 5.41) is 11.1. The van der Waals surface area contributed by atoms with Gasteiger partial charge < -0.3 is 5.11 Å². The van der Waals surface area contributed by atoms with Crippen molar-refractivity contribution in [2.45, 2.75) is 17.9 Å². The van der Waals surface area contributed by atoms with Crippen LogP contribution in [0.2, 0.25) is 0 Å². The maximum Gasteiger partial charge on any atom is 0.335 e. The first-order valence-corrected chi connectivity index (χ1v) is 8.12. The van der Waals surface area contributed by atoms with E-state index in [0.717, 1.165) is 18.2 Å². The zero-order chi connectivity index (χ0) is 15.6. The van der Waals surface area contributed by atoms with Gasteiger partial charge in [0.2, 0.25) is 10.0 Å². The maximum absolute atomic E-state index is 13.7. The second-order valence-electron chi connectivity index (χ2n) is 4.16. The van der Waals surface area contributed by atoms with Gasteiger partial charge in [0.05, 0.1) is 11.6 Å². The standard InChI is InChI=1S/C12H11FN2O4S2/c1-7(11-14-4-5-20-11)15-21(18,19)10-6-8(12(16)17)2-3-9(10)13/h2-7,15H,1H3,(H,16,17). The molecule has 0 aliphatic carbocycles. The average molecular weight is 330 g/mol. The van der Waals surface area contributed by atoms with Gasteiger partial charge in [0.15, 0.2) is 0 Å². The lowest BCUT2D eigenvalue weighted by molar-refractivity contribution is 0.0696. The Labute approximate surface area is 124 Å². The van der Waals surface area contributed by atoms with Gasteiger partial charge in [0, 0.05) is 11.6 Å². The molecule has 0 fully saturated rings. The van der Waals surface area contributed by atoms with E-state index >= 15 is 0 Å². The van der Waals surface area contributed by atoms with Crippen LogP contribution in [0.15, 0.2) is 34.7 Å². The Morgan fingerprint density at radius 1 is 1.48 bits per heavy atom. The first-order chi connectivity index (χ1) is 9.81. The molecule has 6 nitrogen and oxygen atoms in total. The summed E-state index contributed by atoms with van der Waals surface area (Å²) in [5.74, 6) is -2.35. The summed E-state index contributed by atoms with van der Waals surface area (Å²) in [6, 6.07) is 1.95. The number of benzene rings is 1. The lowest BCUT2D eigenvalue weighted by Gasteiger charge is -2.12. The van der Waals surface area contributed by atoms with Gasteiger partial charge in [-0.25, -0.2) is 27.3 Å². The third kappa shape index (κ3) is 3.43. The van der Waals surface area contributed by atoms with Crippen LogP contribution in [0.25, 0.3) is 0 Å². The molecule has 1 aromatic heterocycles. The van der Waals surface area contributed by atoms with E-state index in [1.807, 2.05) is 0 Å². The second-order valence-corrected chi connectivity index (χ2v) is 6.77. The predicted octanol–water partition coefficient (Wildman–Crippen LogP) is 2.02. The number of nitrogens with one attached hydrogen (secondary N) is 1. The highest BCUT2D eigenvalue weighted by Gasteiger charge is 2.24. The van der Waals surface area contributed by atoms with Crippen LogP contribution in [0.3, 0.4) is 0 Å². The van der Waals surface area contributed by atoms with E-state index in [0.29, 0.717) is 5.01 Å². The minimum absolute atomic E-state index is 0.307. The van der Waals surface area contributed by atoms with Gasteiger partial charge in [-0.3, -0.25) is 0 Å². The fourth-order valence-corrected chi connectivity index (χ4v) is 3.67. The van der Waals surface area contributed by atoms with Crippen molar-refractivity contribution < 1.29 is 22.7 Å². The van der Waals surface area contributed by atoms with Crippen LogP contribution in [-0.2, 0) is 10.0 Å². The first-order valence-electron chi connectivity index (χ1n) is 5.76. The molecule has 0 saturated heterocycles. The van der Waals surface area contributed by atoms with Gasteiger partial charge in [0.1, 0.15) is 15.7 Å². The van der Waals surface area contributed by atoms with E-state index in [9.17, 15) is 17.6 Å². The molecule has 0 aliphatic heterocycles. The molecule has 0 spiro atoms. The van der Waals surface area contributed by atoms with Crippen LogP contribution in [0, 0.1) is 5.82 Å². The van der Waals surface area contributed by atoms with Gasteiger partial charge >= 0.3 is 5.97 Å². The van der Waals surface area contributed by atoms with E-state index in [2.05, 4.69) is 9.71 Å². The van der Waals surface area contributed by atoms with E-state index < -0.39 is 32.7 Å². The number of carboxylic acids is 1. The lowest BCUT2D eigenvalue weighted by atomic mass is 10.2.